The molecule has 4 nitrogen and oxygen atoms in total. The predicted molar refractivity (Wildman–Crippen MR) is 73.8 cm³/mol. The molecule has 0 radical (unpaired) electrons. The second-order valence-corrected chi connectivity index (χ2v) is 4.42. The van der Waals surface area contributed by atoms with Gasteiger partial charge in [0, 0.05) is 5.56 Å². The summed E-state index contributed by atoms with van der Waals surface area (Å²) in [5.41, 5.74) is 3.26. The molecule has 0 spiro atoms. The van der Waals surface area contributed by atoms with E-state index in [0.29, 0.717) is 5.56 Å². The third kappa shape index (κ3) is 3.26. The number of hydrogen-bond acceptors (Lipinski definition) is 3. The molecule has 0 heterocycles. The van der Waals surface area contributed by atoms with Crippen LogP contribution in [0.2, 0.25) is 5.02 Å². The molecule has 0 aromatic heterocycles. The van der Waals surface area contributed by atoms with Crippen molar-refractivity contribution in [2.24, 2.45) is 5.84 Å². The summed E-state index contributed by atoms with van der Waals surface area (Å²) in [4.78, 5) is 11.3. The fourth-order valence-electron chi connectivity index (χ4n) is 1.59. The Hall–Kier alpha value is -2.11. The van der Waals surface area contributed by atoms with E-state index < -0.39 is 5.82 Å². The molecule has 6 heteroatoms. The number of rotatable bonds is 4. The highest BCUT2D eigenvalue weighted by molar-refractivity contribution is 6.30. The summed E-state index contributed by atoms with van der Waals surface area (Å²) < 4.78 is 18.9. The molecular formula is C14H12ClFN2O2. The Bertz CT molecular complexity index is 617. The molecule has 20 heavy (non-hydrogen) atoms. The van der Waals surface area contributed by atoms with E-state index >= 15 is 0 Å². The number of hydrogen-bond donors (Lipinski definition) is 2. The van der Waals surface area contributed by atoms with Crippen LogP contribution in [-0.4, -0.2) is 5.91 Å². The first-order chi connectivity index (χ1) is 9.61. The van der Waals surface area contributed by atoms with Gasteiger partial charge in [0.2, 0.25) is 0 Å². The van der Waals surface area contributed by atoms with Crippen molar-refractivity contribution in [1.82, 2.24) is 5.43 Å². The number of benzene rings is 2. The molecule has 3 N–H and O–H groups in total. The molecule has 104 valence electrons. The second-order valence-electron chi connectivity index (χ2n) is 4.01. The highest BCUT2D eigenvalue weighted by atomic mass is 35.5. The summed E-state index contributed by atoms with van der Waals surface area (Å²) in [7, 11) is 0. The maximum Gasteiger partial charge on any atom is 0.265 e. The van der Waals surface area contributed by atoms with Gasteiger partial charge in [-0.25, -0.2) is 10.2 Å². The topological polar surface area (TPSA) is 64.3 Å². The molecule has 0 aliphatic heterocycles. The lowest BCUT2D eigenvalue weighted by atomic mass is 10.1. The van der Waals surface area contributed by atoms with Crippen LogP contribution >= 0.6 is 11.6 Å². The van der Waals surface area contributed by atoms with Gasteiger partial charge in [-0.2, -0.15) is 0 Å². The molecule has 1 amide bonds. The van der Waals surface area contributed by atoms with Crippen LogP contribution in [0.25, 0.3) is 0 Å². The van der Waals surface area contributed by atoms with E-state index in [-0.39, 0.29) is 23.3 Å². The fraction of sp³-hybridized carbons (Fsp3) is 0.0714. The molecule has 0 fully saturated rings. The lowest BCUT2D eigenvalue weighted by Crippen LogP contribution is -2.29. The predicted octanol–water partition coefficient (Wildman–Crippen LogP) is 2.66. The van der Waals surface area contributed by atoms with Crippen LogP contribution in [-0.2, 0) is 6.61 Å². The zero-order valence-electron chi connectivity index (χ0n) is 10.4. The highest BCUT2D eigenvalue weighted by Crippen LogP contribution is 2.24. The van der Waals surface area contributed by atoms with Gasteiger partial charge in [-0.3, -0.25) is 10.2 Å². The molecule has 0 saturated heterocycles. The summed E-state index contributed by atoms with van der Waals surface area (Å²) >= 11 is 5.66. The van der Waals surface area contributed by atoms with Crippen molar-refractivity contribution >= 4 is 17.5 Å². The van der Waals surface area contributed by atoms with Crippen LogP contribution in [0.15, 0.2) is 42.5 Å². The van der Waals surface area contributed by atoms with Crippen molar-refractivity contribution < 1.29 is 13.9 Å². The molecule has 0 bridgehead atoms. The van der Waals surface area contributed by atoms with Gasteiger partial charge >= 0.3 is 0 Å². The van der Waals surface area contributed by atoms with Gasteiger partial charge in [-0.1, -0.05) is 29.8 Å². The monoisotopic (exact) mass is 294 g/mol. The molecule has 0 atom stereocenters. The third-order valence-corrected chi connectivity index (χ3v) is 2.95. The lowest BCUT2D eigenvalue weighted by Gasteiger charge is -2.08. The molecule has 0 aliphatic carbocycles. The minimum absolute atomic E-state index is 0.0115. The van der Waals surface area contributed by atoms with Crippen molar-refractivity contribution in [2.75, 3.05) is 0 Å². The Morgan fingerprint density at radius 3 is 2.60 bits per heavy atom. The lowest BCUT2D eigenvalue weighted by molar-refractivity contribution is 0.0953. The van der Waals surface area contributed by atoms with Gasteiger partial charge in [0.05, 0.1) is 5.02 Å². The zero-order valence-corrected chi connectivity index (χ0v) is 11.2. The number of nitrogen functional groups attached to an aromatic ring is 1. The van der Waals surface area contributed by atoms with Crippen LogP contribution in [0.5, 0.6) is 5.75 Å². The molecule has 0 aliphatic rings. The number of nitrogens with one attached hydrogen (secondary N) is 1. The van der Waals surface area contributed by atoms with Gasteiger partial charge in [0.15, 0.2) is 11.6 Å². The smallest absolute Gasteiger partial charge is 0.265 e. The molecular weight excluding hydrogens is 283 g/mol. The molecule has 2 aromatic rings. The van der Waals surface area contributed by atoms with E-state index in [1.54, 1.807) is 30.3 Å². The van der Waals surface area contributed by atoms with Gasteiger partial charge in [-0.05, 0) is 29.8 Å². The second kappa shape index (κ2) is 6.36. The van der Waals surface area contributed by atoms with Crippen molar-refractivity contribution in [3.63, 3.8) is 0 Å². The van der Waals surface area contributed by atoms with Gasteiger partial charge < -0.3 is 4.74 Å². The molecule has 2 rings (SSSR count). The quantitative estimate of drug-likeness (QED) is 0.518. The number of carbonyl (C=O) groups excluding carboxylic acids is 1. The first kappa shape index (κ1) is 14.3. The zero-order chi connectivity index (χ0) is 14.5. The third-order valence-electron chi connectivity index (χ3n) is 2.66. The van der Waals surface area contributed by atoms with Gasteiger partial charge in [0.25, 0.3) is 5.91 Å². The SMILES string of the molecule is NNC(=O)c1ccc(COc2cccc(Cl)c2F)cc1. The summed E-state index contributed by atoms with van der Waals surface area (Å²) in [6, 6.07) is 11.2. The number of hydrazine groups is 1. The van der Waals surface area contributed by atoms with Crippen LogP contribution in [0.4, 0.5) is 4.39 Å². The number of nitrogens with two attached hydrogens (primary N) is 1. The van der Waals surface area contributed by atoms with E-state index in [0.717, 1.165) is 5.56 Å². The maximum atomic E-state index is 13.6. The van der Waals surface area contributed by atoms with Crippen molar-refractivity contribution in [2.45, 2.75) is 6.61 Å². The molecule has 0 unspecified atom stereocenters. The Kier molecular flexibility index (Phi) is 4.55. The average Bonchev–Trinajstić information content (AvgIpc) is 2.48. The number of carbonyl (C=O) groups is 1. The molecule has 2 aromatic carbocycles. The van der Waals surface area contributed by atoms with E-state index in [2.05, 4.69) is 0 Å². The van der Waals surface area contributed by atoms with Crippen LogP contribution in [0, 0.1) is 5.82 Å². The van der Waals surface area contributed by atoms with Crippen LogP contribution in [0.1, 0.15) is 15.9 Å². The largest absolute Gasteiger partial charge is 0.486 e. The van der Waals surface area contributed by atoms with E-state index in [1.807, 2.05) is 5.43 Å². The summed E-state index contributed by atoms with van der Waals surface area (Å²) in [5.74, 6) is 4.15. The van der Waals surface area contributed by atoms with Crippen molar-refractivity contribution in [1.29, 1.82) is 0 Å². The summed E-state index contributed by atoms with van der Waals surface area (Å²) in [5, 5.41) is 0.0115. The van der Waals surface area contributed by atoms with E-state index in [4.69, 9.17) is 22.2 Å². The fourth-order valence-corrected chi connectivity index (χ4v) is 1.76. The van der Waals surface area contributed by atoms with Crippen molar-refractivity contribution in [3.05, 3.63) is 64.4 Å². The normalized spacial score (nSPS) is 10.2. The highest BCUT2D eigenvalue weighted by Gasteiger charge is 2.08. The Labute approximate surface area is 120 Å². The minimum atomic E-state index is -0.590. The standard InChI is InChI=1S/C14H12ClFN2O2/c15-11-2-1-3-12(13(11)16)20-8-9-4-6-10(7-5-9)14(19)18-17/h1-7H,8,17H2,(H,18,19). The van der Waals surface area contributed by atoms with Gasteiger partial charge in [0.1, 0.15) is 6.61 Å². The van der Waals surface area contributed by atoms with Crippen LogP contribution in [0.3, 0.4) is 0 Å². The van der Waals surface area contributed by atoms with E-state index in [1.165, 1.54) is 12.1 Å². The number of halogens is 2. The molecule has 0 saturated carbocycles. The van der Waals surface area contributed by atoms with E-state index in [9.17, 15) is 9.18 Å². The first-order valence-electron chi connectivity index (χ1n) is 5.78. The summed E-state index contributed by atoms with van der Waals surface area (Å²) in [6.45, 7) is 0.168. The van der Waals surface area contributed by atoms with Gasteiger partial charge in [-0.15, -0.1) is 0 Å². The maximum absolute atomic E-state index is 13.6. The average molecular weight is 295 g/mol. The summed E-state index contributed by atoms with van der Waals surface area (Å²) in [6.07, 6.45) is 0. The first-order valence-corrected chi connectivity index (χ1v) is 6.16. The number of ether oxygens (including phenoxy) is 1. The minimum Gasteiger partial charge on any atom is -0.486 e. The van der Waals surface area contributed by atoms with Crippen LogP contribution < -0.4 is 16.0 Å². The number of amides is 1. The Balaban J connectivity index is 2.04. The Morgan fingerprint density at radius 1 is 1.25 bits per heavy atom. The van der Waals surface area contributed by atoms with Crippen molar-refractivity contribution in [3.8, 4) is 5.75 Å². The Morgan fingerprint density at radius 2 is 1.95 bits per heavy atom.